The number of carbonyl (C=O) groups is 3. The second-order valence-corrected chi connectivity index (χ2v) is 5.86. The van der Waals surface area contributed by atoms with E-state index >= 15 is 0 Å². The van der Waals surface area contributed by atoms with Crippen molar-refractivity contribution in [1.82, 2.24) is 0 Å². The number of ether oxygens (including phenoxy) is 1. The smallest absolute Gasteiger partial charge is 0.306 e. The molecule has 6 heteroatoms. The lowest BCUT2D eigenvalue weighted by Crippen LogP contribution is -2.15. The van der Waals surface area contributed by atoms with Gasteiger partial charge in [0.05, 0.1) is 0 Å². The third-order valence-electron chi connectivity index (χ3n) is 3.65. The number of ketones is 1. The van der Waals surface area contributed by atoms with Gasteiger partial charge >= 0.3 is 5.97 Å². The maximum atomic E-state index is 12.8. The van der Waals surface area contributed by atoms with E-state index in [1.165, 1.54) is 24.3 Å². The number of amides is 1. The second-order valence-electron chi connectivity index (χ2n) is 5.86. The number of carbonyl (C=O) groups excluding carboxylic acids is 3. The molecule has 0 aliphatic rings. The fourth-order valence-electron chi connectivity index (χ4n) is 2.19. The lowest BCUT2D eigenvalue weighted by atomic mass is 10.1. The molecule has 2 aromatic rings. The van der Waals surface area contributed by atoms with Crippen molar-refractivity contribution in [3.8, 4) is 0 Å². The van der Waals surface area contributed by atoms with Crippen LogP contribution in [0.25, 0.3) is 0 Å². The first-order valence-corrected chi connectivity index (χ1v) is 8.25. The quantitative estimate of drug-likeness (QED) is 0.578. The molecule has 1 amide bonds. The van der Waals surface area contributed by atoms with Gasteiger partial charge in [0.2, 0.25) is 5.91 Å². The van der Waals surface area contributed by atoms with E-state index in [0.29, 0.717) is 12.1 Å². The molecule has 2 rings (SSSR count). The number of Topliss-reactive ketones (excluding diaryl/α,β-unsaturated/α-hetero) is 1. The minimum Gasteiger partial charge on any atom is -0.457 e. The summed E-state index contributed by atoms with van der Waals surface area (Å²) < 4.78 is 17.7. The summed E-state index contributed by atoms with van der Waals surface area (Å²) in [4.78, 5) is 35.3. The largest absolute Gasteiger partial charge is 0.457 e. The molecule has 0 saturated carbocycles. The molecule has 0 heterocycles. The molecule has 0 bridgehead atoms. The summed E-state index contributed by atoms with van der Waals surface area (Å²) in [5.74, 6) is -1.59. The van der Waals surface area contributed by atoms with Crippen LogP contribution in [0.1, 0.15) is 35.2 Å². The number of rotatable bonds is 8. The van der Waals surface area contributed by atoms with Crippen molar-refractivity contribution in [2.45, 2.75) is 26.2 Å². The summed E-state index contributed by atoms with van der Waals surface area (Å²) in [7, 11) is 0. The normalized spacial score (nSPS) is 10.2. The Balaban J connectivity index is 1.65. The monoisotopic (exact) mass is 357 g/mol. The highest BCUT2D eigenvalue weighted by molar-refractivity contribution is 5.97. The predicted molar refractivity (Wildman–Crippen MR) is 95.3 cm³/mol. The summed E-state index contributed by atoms with van der Waals surface area (Å²) in [6, 6.07) is 12.4. The minimum atomic E-state index is -0.552. The van der Waals surface area contributed by atoms with Gasteiger partial charge in [-0.05, 0) is 49.7 Å². The number of hydrogen-bond donors (Lipinski definition) is 1. The van der Waals surface area contributed by atoms with Crippen molar-refractivity contribution in [1.29, 1.82) is 0 Å². The summed E-state index contributed by atoms with van der Waals surface area (Å²) in [6.07, 6.45) is 0.536. The highest BCUT2D eigenvalue weighted by Gasteiger charge is 2.11. The van der Waals surface area contributed by atoms with Crippen molar-refractivity contribution in [2.24, 2.45) is 0 Å². The standard InChI is InChI=1S/C20H20FNO4/c1-14-5-11-17(12-6-14)22-19(24)3-2-4-20(25)26-13-18(23)15-7-9-16(21)10-8-15/h5-12H,2-4,13H2,1H3,(H,22,24). The number of benzene rings is 2. The van der Waals surface area contributed by atoms with Gasteiger partial charge in [-0.2, -0.15) is 0 Å². The molecule has 0 aromatic heterocycles. The van der Waals surface area contributed by atoms with Gasteiger partial charge in [-0.1, -0.05) is 17.7 Å². The lowest BCUT2D eigenvalue weighted by molar-refractivity contribution is -0.142. The van der Waals surface area contributed by atoms with E-state index in [0.717, 1.165) is 5.56 Å². The summed E-state index contributed by atoms with van der Waals surface area (Å²) in [5, 5.41) is 2.74. The molecule has 0 spiro atoms. The van der Waals surface area contributed by atoms with Crippen LogP contribution in [0.15, 0.2) is 48.5 Å². The Hall–Kier alpha value is -3.02. The summed E-state index contributed by atoms with van der Waals surface area (Å²) in [6.45, 7) is 1.55. The third-order valence-corrected chi connectivity index (χ3v) is 3.65. The molecule has 2 aromatic carbocycles. The Morgan fingerprint density at radius 3 is 2.27 bits per heavy atom. The zero-order chi connectivity index (χ0) is 18.9. The lowest BCUT2D eigenvalue weighted by Gasteiger charge is -2.06. The number of aryl methyl sites for hydroxylation is 1. The highest BCUT2D eigenvalue weighted by atomic mass is 19.1. The van der Waals surface area contributed by atoms with Crippen molar-refractivity contribution in [2.75, 3.05) is 11.9 Å². The van der Waals surface area contributed by atoms with Crippen LogP contribution >= 0.6 is 0 Å². The molecule has 0 aliphatic carbocycles. The van der Waals surface area contributed by atoms with E-state index in [-0.39, 0.29) is 24.3 Å². The van der Waals surface area contributed by atoms with E-state index in [9.17, 15) is 18.8 Å². The highest BCUT2D eigenvalue weighted by Crippen LogP contribution is 2.10. The maximum Gasteiger partial charge on any atom is 0.306 e. The topological polar surface area (TPSA) is 72.5 Å². The molecule has 136 valence electrons. The number of anilines is 1. The predicted octanol–water partition coefficient (Wildman–Crippen LogP) is 3.67. The van der Waals surface area contributed by atoms with Crippen molar-refractivity contribution in [3.63, 3.8) is 0 Å². The van der Waals surface area contributed by atoms with Crippen molar-refractivity contribution < 1.29 is 23.5 Å². The van der Waals surface area contributed by atoms with Crippen LogP contribution in [0.4, 0.5) is 10.1 Å². The van der Waals surface area contributed by atoms with Crippen molar-refractivity contribution in [3.05, 3.63) is 65.5 Å². The number of halogens is 1. The minimum absolute atomic E-state index is 0.0397. The van der Waals surface area contributed by atoms with E-state index in [1.807, 2.05) is 31.2 Å². The first-order chi connectivity index (χ1) is 12.4. The Bertz CT molecular complexity index is 769. The van der Waals surface area contributed by atoms with Crippen LogP contribution < -0.4 is 5.32 Å². The first kappa shape index (κ1) is 19.3. The van der Waals surface area contributed by atoms with Gasteiger partial charge in [-0.25, -0.2) is 4.39 Å². The Labute approximate surface area is 151 Å². The van der Waals surface area contributed by atoms with Crippen LogP contribution in [0, 0.1) is 12.7 Å². The van der Waals surface area contributed by atoms with E-state index in [2.05, 4.69) is 5.32 Å². The molecule has 0 fully saturated rings. The van der Waals surface area contributed by atoms with Gasteiger partial charge in [0, 0.05) is 24.1 Å². The molecule has 5 nitrogen and oxygen atoms in total. The molecule has 0 atom stereocenters. The van der Waals surface area contributed by atoms with Gasteiger partial charge < -0.3 is 10.1 Å². The second kappa shape index (κ2) is 9.46. The molecule has 0 radical (unpaired) electrons. The molecule has 26 heavy (non-hydrogen) atoms. The molecular formula is C20H20FNO4. The fourth-order valence-corrected chi connectivity index (χ4v) is 2.19. The Kier molecular flexibility index (Phi) is 7.02. The van der Waals surface area contributed by atoms with Crippen LogP contribution in [0.5, 0.6) is 0 Å². The Morgan fingerprint density at radius 1 is 0.962 bits per heavy atom. The Morgan fingerprint density at radius 2 is 1.62 bits per heavy atom. The zero-order valence-electron chi connectivity index (χ0n) is 14.5. The zero-order valence-corrected chi connectivity index (χ0v) is 14.5. The van der Waals surface area contributed by atoms with Gasteiger partial charge in [-0.15, -0.1) is 0 Å². The van der Waals surface area contributed by atoms with E-state index in [4.69, 9.17) is 4.74 Å². The number of hydrogen-bond acceptors (Lipinski definition) is 4. The maximum absolute atomic E-state index is 12.8. The van der Waals surface area contributed by atoms with Crippen LogP contribution in [-0.2, 0) is 14.3 Å². The summed E-state index contributed by atoms with van der Waals surface area (Å²) >= 11 is 0. The van der Waals surface area contributed by atoms with E-state index in [1.54, 1.807) is 0 Å². The van der Waals surface area contributed by atoms with Crippen LogP contribution in [0.3, 0.4) is 0 Å². The fraction of sp³-hybridized carbons (Fsp3) is 0.250. The van der Waals surface area contributed by atoms with Crippen LogP contribution in [-0.4, -0.2) is 24.3 Å². The molecule has 0 aliphatic heterocycles. The van der Waals surface area contributed by atoms with Gasteiger partial charge in [0.25, 0.3) is 0 Å². The van der Waals surface area contributed by atoms with Gasteiger partial charge in [0.1, 0.15) is 5.82 Å². The van der Waals surface area contributed by atoms with Gasteiger partial charge in [0.15, 0.2) is 12.4 Å². The molecular weight excluding hydrogens is 337 g/mol. The number of esters is 1. The van der Waals surface area contributed by atoms with Crippen LogP contribution in [0.2, 0.25) is 0 Å². The third kappa shape index (κ3) is 6.47. The SMILES string of the molecule is Cc1ccc(NC(=O)CCCC(=O)OCC(=O)c2ccc(F)cc2)cc1. The number of nitrogens with one attached hydrogen (secondary N) is 1. The summed E-state index contributed by atoms with van der Waals surface area (Å²) in [5.41, 5.74) is 2.07. The van der Waals surface area contributed by atoms with Crippen molar-refractivity contribution >= 4 is 23.3 Å². The molecule has 0 saturated heterocycles. The van der Waals surface area contributed by atoms with Gasteiger partial charge in [-0.3, -0.25) is 14.4 Å². The average Bonchev–Trinajstić information content (AvgIpc) is 2.62. The van der Waals surface area contributed by atoms with E-state index < -0.39 is 24.2 Å². The molecule has 1 N–H and O–H groups in total. The molecule has 0 unspecified atom stereocenters. The average molecular weight is 357 g/mol. The first-order valence-electron chi connectivity index (χ1n) is 8.25.